The minimum atomic E-state index is -0.184. The third kappa shape index (κ3) is 4.55. The van der Waals surface area contributed by atoms with E-state index in [1.54, 1.807) is 18.2 Å². The zero-order chi connectivity index (χ0) is 15.1. The summed E-state index contributed by atoms with van der Waals surface area (Å²) in [7, 11) is 1.50. The van der Waals surface area contributed by atoms with Gasteiger partial charge >= 0.3 is 0 Å². The molecule has 0 aromatic heterocycles. The standard InChI is InChI=1S/C14H21N3O3/c1-9(6-7-15)14(19)17-11-4-5-12(16-10(2)18)13(8-11)20-3/h4-5,8-9H,6-7,15H2,1-3H3,(H,16,18)(H,17,19). The van der Waals surface area contributed by atoms with Gasteiger partial charge in [0.1, 0.15) is 5.75 Å². The molecule has 1 aromatic rings. The molecule has 1 rings (SSSR count). The molecule has 1 unspecified atom stereocenters. The fourth-order valence-electron chi connectivity index (χ4n) is 1.71. The van der Waals surface area contributed by atoms with Crippen LogP contribution in [0.4, 0.5) is 11.4 Å². The summed E-state index contributed by atoms with van der Waals surface area (Å²) in [6, 6.07) is 5.06. The summed E-state index contributed by atoms with van der Waals surface area (Å²) in [5.74, 6) is 0.0620. The molecule has 110 valence electrons. The van der Waals surface area contributed by atoms with Crippen LogP contribution in [0.2, 0.25) is 0 Å². The summed E-state index contributed by atoms with van der Waals surface area (Å²) in [5, 5.41) is 5.45. The number of methoxy groups -OCH3 is 1. The lowest BCUT2D eigenvalue weighted by atomic mass is 10.1. The summed E-state index contributed by atoms with van der Waals surface area (Å²) >= 11 is 0. The molecule has 0 aliphatic rings. The van der Waals surface area contributed by atoms with Crippen LogP contribution in [-0.2, 0) is 9.59 Å². The molecule has 0 radical (unpaired) electrons. The average Bonchev–Trinajstić information content (AvgIpc) is 2.40. The van der Waals surface area contributed by atoms with E-state index >= 15 is 0 Å². The Hall–Kier alpha value is -2.08. The Bertz CT molecular complexity index is 489. The Balaban J connectivity index is 2.82. The van der Waals surface area contributed by atoms with Gasteiger partial charge in [0.2, 0.25) is 11.8 Å². The fourth-order valence-corrected chi connectivity index (χ4v) is 1.71. The topological polar surface area (TPSA) is 93.4 Å². The Morgan fingerprint density at radius 3 is 2.60 bits per heavy atom. The number of carbonyl (C=O) groups is 2. The first kappa shape index (κ1) is 16.0. The van der Waals surface area contributed by atoms with Crippen LogP contribution in [0.3, 0.4) is 0 Å². The van der Waals surface area contributed by atoms with Crippen molar-refractivity contribution in [1.29, 1.82) is 0 Å². The minimum absolute atomic E-state index is 0.0928. The van der Waals surface area contributed by atoms with Crippen molar-refractivity contribution in [3.8, 4) is 5.75 Å². The molecule has 0 saturated carbocycles. The van der Waals surface area contributed by atoms with Crippen molar-refractivity contribution >= 4 is 23.2 Å². The summed E-state index contributed by atoms with van der Waals surface area (Å²) in [6.07, 6.45) is 0.632. The normalized spacial score (nSPS) is 11.6. The number of anilines is 2. The Morgan fingerprint density at radius 2 is 2.05 bits per heavy atom. The summed E-state index contributed by atoms with van der Waals surface area (Å²) in [6.45, 7) is 3.72. The van der Waals surface area contributed by atoms with Crippen LogP contribution >= 0.6 is 0 Å². The van der Waals surface area contributed by atoms with E-state index in [4.69, 9.17) is 10.5 Å². The van der Waals surface area contributed by atoms with Crippen LogP contribution in [0.15, 0.2) is 18.2 Å². The predicted octanol–water partition coefficient (Wildman–Crippen LogP) is 1.58. The van der Waals surface area contributed by atoms with Crippen LogP contribution in [0.25, 0.3) is 0 Å². The minimum Gasteiger partial charge on any atom is -0.494 e. The molecule has 0 heterocycles. The molecule has 6 nitrogen and oxygen atoms in total. The monoisotopic (exact) mass is 279 g/mol. The van der Waals surface area contributed by atoms with Gasteiger partial charge in [-0.15, -0.1) is 0 Å². The van der Waals surface area contributed by atoms with Gasteiger partial charge in [-0.3, -0.25) is 9.59 Å². The van der Waals surface area contributed by atoms with E-state index in [2.05, 4.69) is 10.6 Å². The highest BCUT2D eigenvalue weighted by molar-refractivity contribution is 5.94. The smallest absolute Gasteiger partial charge is 0.227 e. The van der Waals surface area contributed by atoms with Crippen LogP contribution < -0.4 is 21.1 Å². The summed E-state index contributed by atoms with van der Waals surface area (Å²) in [5.41, 5.74) is 6.61. The van der Waals surface area contributed by atoms with Gasteiger partial charge in [0.15, 0.2) is 0 Å². The number of carbonyl (C=O) groups excluding carboxylic acids is 2. The Labute approximate surface area is 118 Å². The molecule has 0 saturated heterocycles. The van der Waals surface area contributed by atoms with Crippen LogP contribution in [0.1, 0.15) is 20.3 Å². The van der Waals surface area contributed by atoms with E-state index in [1.165, 1.54) is 14.0 Å². The van der Waals surface area contributed by atoms with Crippen molar-refractivity contribution in [2.24, 2.45) is 11.7 Å². The van der Waals surface area contributed by atoms with E-state index in [0.717, 1.165) is 0 Å². The average molecular weight is 279 g/mol. The van der Waals surface area contributed by atoms with E-state index in [9.17, 15) is 9.59 Å². The van der Waals surface area contributed by atoms with Crippen molar-refractivity contribution in [1.82, 2.24) is 0 Å². The molecule has 1 atom stereocenters. The maximum absolute atomic E-state index is 11.9. The van der Waals surface area contributed by atoms with Crippen LogP contribution in [-0.4, -0.2) is 25.5 Å². The van der Waals surface area contributed by atoms with E-state index in [0.29, 0.717) is 30.1 Å². The maximum Gasteiger partial charge on any atom is 0.227 e. The van der Waals surface area contributed by atoms with Gasteiger partial charge in [-0.1, -0.05) is 6.92 Å². The fraction of sp³-hybridized carbons (Fsp3) is 0.429. The van der Waals surface area contributed by atoms with Gasteiger partial charge in [0.25, 0.3) is 0 Å². The maximum atomic E-state index is 11.9. The molecular weight excluding hydrogens is 258 g/mol. The van der Waals surface area contributed by atoms with Gasteiger partial charge < -0.3 is 21.1 Å². The molecule has 0 aliphatic heterocycles. The molecule has 0 fully saturated rings. The number of benzene rings is 1. The molecule has 20 heavy (non-hydrogen) atoms. The number of rotatable bonds is 6. The molecule has 0 spiro atoms. The second-order valence-corrected chi connectivity index (χ2v) is 4.56. The molecule has 4 N–H and O–H groups in total. The molecule has 2 amide bonds. The molecular formula is C14H21N3O3. The van der Waals surface area contributed by atoms with Crippen molar-refractivity contribution in [2.75, 3.05) is 24.3 Å². The second kappa shape index (κ2) is 7.49. The quantitative estimate of drug-likeness (QED) is 0.737. The van der Waals surface area contributed by atoms with Crippen LogP contribution in [0.5, 0.6) is 5.75 Å². The lowest BCUT2D eigenvalue weighted by molar-refractivity contribution is -0.119. The summed E-state index contributed by atoms with van der Waals surface area (Å²) < 4.78 is 5.19. The second-order valence-electron chi connectivity index (χ2n) is 4.56. The highest BCUT2D eigenvalue weighted by Gasteiger charge is 2.13. The molecule has 0 bridgehead atoms. The summed E-state index contributed by atoms with van der Waals surface area (Å²) in [4.78, 5) is 22.9. The zero-order valence-electron chi connectivity index (χ0n) is 12.0. The van der Waals surface area contributed by atoms with E-state index in [1.807, 2.05) is 6.92 Å². The highest BCUT2D eigenvalue weighted by Crippen LogP contribution is 2.28. The van der Waals surface area contributed by atoms with Gasteiger partial charge in [-0.2, -0.15) is 0 Å². The number of ether oxygens (including phenoxy) is 1. The van der Waals surface area contributed by atoms with Gasteiger partial charge in [-0.25, -0.2) is 0 Å². The third-order valence-corrected chi connectivity index (χ3v) is 2.83. The first-order valence-electron chi connectivity index (χ1n) is 6.44. The SMILES string of the molecule is COc1cc(NC(=O)C(C)CCN)ccc1NC(C)=O. The predicted molar refractivity (Wildman–Crippen MR) is 78.8 cm³/mol. The van der Waals surface area contributed by atoms with Gasteiger partial charge in [-0.05, 0) is 25.1 Å². The van der Waals surface area contributed by atoms with Gasteiger partial charge in [0.05, 0.1) is 12.8 Å². The third-order valence-electron chi connectivity index (χ3n) is 2.83. The first-order valence-corrected chi connectivity index (χ1v) is 6.44. The van der Waals surface area contributed by atoms with Crippen molar-refractivity contribution in [3.63, 3.8) is 0 Å². The zero-order valence-corrected chi connectivity index (χ0v) is 12.0. The van der Waals surface area contributed by atoms with Gasteiger partial charge in [0, 0.05) is 24.6 Å². The van der Waals surface area contributed by atoms with Crippen molar-refractivity contribution in [2.45, 2.75) is 20.3 Å². The number of hydrogen-bond donors (Lipinski definition) is 3. The van der Waals surface area contributed by atoms with Crippen LogP contribution in [0, 0.1) is 5.92 Å². The molecule has 6 heteroatoms. The number of hydrogen-bond acceptors (Lipinski definition) is 4. The first-order chi connectivity index (χ1) is 9.47. The molecule has 1 aromatic carbocycles. The number of nitrogens with one attached hydrogen (secondary N) is 2. The highest BCUT2D eigenvalue weighted by atomic mass is 16.5. The van der Waals surface area contributed by atoms with Crippen molar-refractivity contribution < 1.29 is 14.3 Å². The Kier molecular flexibility index (Phi) is 5.99. The van der Waals surface area contributed by atoms with E-state index in [-0.39, 0.29) is 17.7 Å². The number of nitrogens with two attached hydrogens (primary N) is 1. The number of amides is 2. The lowest BCUT2D eigenvalue weighted by Gasteiger charge is -2.14. The lowest BCUT2D eigenvalue weighted by Crippen LogP contribution is -2.22. The van der Waals surface area contributed by atoms with E-state index < -0.39 is 0 Å². The van der Waals surface area contributed by atoms with Crippen molar-refractivity contribution in [3.05, 3.63) is 18.2 Å². The Morgan fingerprint density at radius 1 is 1.35 bits per heavy atom. The molecule has 0 aliphatic carbocycles. The largest absolute Gasteiger partial charge is 0.494 e.